The number of likely N-dealkylation sites (N-methyl/N-ethyl adjacent to an activating group) is 1. The van der Waals surface area contributed by atoms with Gasteiger partial charge in [0.05, 0.1) is 10.5 Å². The summed E-state index contributed by atoms with van der Waals surface area (Å²) in [6.07, 6.45) is 6.03. The Hall–Kier alpha value is -2.74. The first-order chi connectivity index (χ1) is 15.0. The molecule has 0 atom stereocenters. The Bertz CT molecular complexity index is 879. The summed E-state index contributed by atoms with van der Waals surface area (Å²) in [5.41, 5.74) is 1.42. The van der Waals surface area contributed by atoms with E-state index in [1.54, 1.807) is 12.1 Å². The Balaban J connectivity index is 1.71. The number of hydrogen-bond acceptors (Lipinski definition) is 6. The van der Waals surface area contributed by atoms with Gasteiger partial charge < -0.3 is 9.80 Å². The van der Waals surface area contributed by atoms with Gasteiger partial charge >= 0.3 is 0 Å². The summed E-state index contributed by atoms with van der Waals surface area (Å²) in [5, 5.41) is 11.1. The second-order valence-electron chi connectivity index (χ2n) is 8.57. The van der Waals surface area contributed by atoms with E-state index in [4.69, 9.17) is 0 Å². The molecule has 0 radical (unpaired) electrons. The fourth-order valence-corrected chi connectivity index (χ4v) is 4.97. The third-order valence-corrected chi connectivity index (χ3v) is 6.78. The molecule has 8 heteroatoms. The zero-order valence-corrected chi connectivity index (χ0v) is 18.1. The van der Waals surface area contributed by atoms with Gasteiger partial charge in [0, 0.05) is 44.4 Å². The van der Waals surface area contributed by atoms with Crippen LogP contribution in [0, 0.1) is 10.1 Å². The van der Waals surface area contributed by atoms with Gasteiger partial charge in [0.25, 0.3) is 17.5 Å². The van der Waals surface area contributed by atoms with Gasteiger partial charge in [-0.2, -0.15) is 0 Å². The van der Waals surface area contributed by atoms with Crippen molar-refractivity contribution in [3.63, 3.8) is 0 Å². The predicted octanol–water partition coefficient (Wildman–Crippen LogP) is 3.04. The van der Waals surface area contributed by atoms with Crippen LogP contribution in [0.4, 0.5) is 5.69 Å². The van der Waals surface area contributed by atoms with Crippen LogP contribution in [0.1, 0.15) is 51.0 Å². The van der Waals surface area contributed by atoms with Crippen molar-refractivity contribution in [2.24, 2.45) is 0 Å². The number of piperazine rings is 1. The molecule has 0 aromatic heterocycles. The van der Waals surface area contributed by atoms with Gasteiger partial charge in [0.15, 0.2) is 0 Å². The number of nitro groups is 1. The molecular formula is C23H30N4O4. The van der Waals surface area contributed by atoms with Crippen LogP contribution in [0.15, 0.2) is 30.0 Å². The van der Waals surface area contributed by atoms with E-state index in [-0.39, 0.29) is 23.5 Å². The highest BCUT2D eigenvalue weighted by atomic mass is 16.6. The average molecular weight is 427 g/mol. The minimum absolute atomic E-state index is 0.0279. The van der Waals surface area contributed by atoms with Gasteiger partial charge in [0.1, 0.15) is 5.70 Å². The minimum atomic E-state index is -0.456. The summed E-state index contributed by atoms with van der Waals surface area (Å²) < 4.78 is 0. The summed E-state index contributed by atoms with van der Waals surface area (Å²) in [5.74, 6) is -0.450. The van der Waals surface area contributed by atoms with E-state index in [0.717, 1.165) is 58.2 Å². The van der Waals surface area contributed by atoms with Crippen molar-refractivity contribution >= 4 is 23.1 Å². The zero-order valence-electron chi connectivity index (χ0n) is 18.1. The zero-order chi connectivity index (χ0) is 22.0. The van der Waals surface area contributed by atoms with E-state index in [1.165, 1.54) is 17.0 Å². The molecule has 2 heterocycles. The second-order valence-corrected chi connectivity index (χ2v) is 8.57. The number of carbonyl (C=O) groups excluding carboxylic acids is 2. The molecule has 8 nitrogen and oxygen atoms in total. The number of non-ortho nitro benzene ring substituents is 1. The van der Waals surface area contributed by atoms with E-state index in [9.17, 15) is 19.7 Å². The Morgan fingerprint density at radius 2 is 1.55 bits per heavy atom. The van der Waals surface area contributed by atoms with Crippen LogP contribution >= 0.6 is 0 Å². The van der Waals surface area contributed by atoms with Crippen molar-refractivity contribution in [2.45, 2.75) is 51.5 Å². The topological polar surface area (TPSA) is 87.0 Å². The molecule has 0 spiro atoms. The molecule has 0 unspecified atom stereocenters. The molecule has 0 bridgehead atoms. The van der Waals surface area contributed by atoms with Crippen molar-refractivity contribution in [1.82, 2.24) is 14.7 Å². The highest BCUT2D eigenvalue weighted by Crippen LogP contribution is 2.36. The van der Waals surface area contributed by atoms with Crippen LogP contribution in [0.3, 0.4) is 0 Å². The van der Waals surface area contributed by atoms with E-state index < -0.39 is 4.92 Å². The number of carbonyl (C=O) groups is 2. The number of rotatable bonds is 5. The highest BCUT2D eigenvalue weighted by Gasteiger charge is 2.45. The van der Waals surface area contributed by atoms with Gasteiger partial charge in [-0.1, -0.05) is 32.6 Å². The molecule has 31 heavy (non-hydrogen) atoms. The van der Waals surface area contributed by atoms with E-state index in [1.807, 2.05) is 4.90 Å². The molecule has 2 amide bonds. The molecule has 3 aliphatic rings. The Kier molecular flexibility index (Phi) is 6.36. The molecule has 4 rings (SSSR count). The first-order valence-corrected chi connectivity index (χ1v) is 11.4. The summed E-state index contributed by atoms with van der Waals surface area (Å²) in [6.45, 7) is 6.16. The first-order valence-electron chi connectivity index (χ1n) is 11.4. The second kappa shape index (κ2) is 9.18. The van der Waals surface area contributed by atoms with Crippen molar-refractivity contribution in [2.75, 3.05) is 32.7 Å². The summed E-state index contributed by atoms with van der Waals surface area (Å²) in [4.78, 5) is 43.7. The average Bonchev–Trinajstić information content (AvgIpc) is 2.94. The molecule has 1 aromatic rings. The lowest BCUT2D eigenvalue weighted by Gasteiger charge is -2.36. The molecule has 1 saturated heterocycles. The maximum atomic E-state index is 13.6. The SMILES string of the molecule is CCN1CCN(C2=C(c3ccc([N+](=O)[O-])cc3)C(=O)N(C3CCCCCC3)C2=O)CC1. The van der Waals surface area contributed by atoms with Crippen molar-refractivity contribution in [1.29, 1.82) is 0 Å². The Morgan fingerprint density at radius 1 is 0.935 bits per heavy atom. The number of imide groups is 1. The molecule has 0 N–H and O–H groups in total. The quantitative estimate of drug-likeness (QED) is 0.311. The highest BCUT2D eigenvalue weighted by molar-refractivity contribution is 6.35. The van der Waals surface area contributed by atoms with Crippen LogP contribution in [-0.4, -0.2) is 70.2 Å². The molecule has 1 saturated carbocycles. The number of amides is 2. The van der Waals surface area contributed by atoms with Crippen LogP contribution in [0.5, 0.6) is 0 Å². The van der Waals surface area contributed by atoms with Crippen molar-refractivity contribution in [3.05, 3.63) is 45.6 Å². The van der Waals surface area contributed by atoms with Gasteiger partial charge in [-0.05, 0) is 37.1 Å². The standard InChI is InChI=1S/C23H30N4O4/c1-2-24-13-15-25(16-14-24)21-20(17-9-11-19(12-10-17)27(30)31)22(28)26(23(21)29)18-7-5-3-4-6-8-18/h9-12,18H,2-8,13-16H2,1H3. The Morgan fingerprint density at radius 3 is 2.10 bits per heavy atom. The van der Waals surface area contributed by atoms with Gasteiger partial charge in [-0.25, -0.2) is 0 Å². The summed E-state index contributed by atoms with van der Waals surface area (Å²) >= 11 is 0. The third-order valence-electron chi connectivity index (χ3n) is 6.78. The fraction of sp³-hybridized carbons (Fsp3) is 0.565. The van der Waals surface area contributed by atoms with Crippen molar-refractivity contribution in [3.8, 4) is 0 Å². The maximum Gasteiger partial charge on any atom is 0.278 e. The lowest BCUT2D eigenvalue weighted by Crippen LogP contribution is -2.48. The lowest BCUT2D eigenvalue weighted by atomic mass is 10.0. The molecule has 1 aromatic carbocycles. The first kappa shape index (κ1) is 21.5. The van der Waals surface area contributed by atoms with E-state index in [0.29, 0.717) is 29.9 Å². The van der Waals surface area contributed by atoms with Crippen LogP contribution in [0.25, 0.3) is 5.57 Å². The molecule has 1 aliphatic carbocycles. The van der Waals surface area contributed by atoms with Gasteiger partial charge in [-0.15, -0.1) is 0 Å². The van der Waals surface area contributed by atoms with Crippen LogP contribution in [0.2, 0.25) is 0 Å². The van der Waals surface area contributed by atoms with Gasteiger partial charge in [0.2, 0.25) is 0 Å². The molecule has 2 fully saturated rings. The van der Waals surface area contributed by atoms with Crippen LogP contribution < -0.4 is 0 Å². The number of nitrogens with zero attached hydrogens (tertiary/aromatic N) is 4. The largest absolute Gasteiger partial charge is 0.364 e. The van der Waals surface area contributed by atoms with E-state index in [2.05, 4.69) is 11.8 Å². The number of hydrogen-bond donors (Lipinski definition) is 0. The smallest absolute Gasteiger partial charge is 0.278 e. The number of benzene rings is 1. The summed E-state index contributed by atoms with van der Waals surface area (Å²) in [7, 11) is 0. The molecular weight excluding hydrogens is 396 g/mol. The van der Waals surface area contributed by atoms with Crippen LogP contribution in [-0.2, 0) is 9.59 Å². The van der Waals surface area contributed by atoms with Gasteiger partial charge in [-0.3, -0.25) is 24.6 Å². The fourth-order valence-electron chi connectivity index (χ4n) is 4.97. The maximum absolute atomic E-state index is 13.6. The predicted molar refractivity (Wildman–Crippen MR) is 117 cm³/mol. The lowest BCUT2D eigenvalue weighted by molar-refractivity contribution is -0.384. The minimum Gasteiger partial charge on any atom is -0.364 e. The Labute approximate surface area is 182 Å². The molecule has 2 aliphatic heterocycles. The van der Waals surface area contributed by atoms with E-state index >= 15 is 0 Å². The number of nitro benzene ring substituents is 1. The third kappa shape index (κ3) is 4.21. The monoisotopic (exact) mass is 426 g/mol. The normalized spacial score (nSPS) is 21.7. The van der Waals surface area contributed by atoms with Crippen molar-refractivity contribution < 1.29 is 14.5 Å². The summed E-state index contributed by atoms with van der Waals surface area (Å²) in [6, 6.07) is 5.93. The molecule has 166 valence electrons.